The van der Waals surface area contributed by atoms with Gasteiger partial charge in [0.05, 0.1) is 5.60 Å². The van der Waals surface area contributed by atoms with Crippen LogP contribution in [0.25, 0.3) is 0 Å². The number of nitrogens with zero attached hydrogens (tertiary/aromatic N) is 1. The van der Waals surface area contributed by atoms with Crippen LogP contribution in [0.4, 0.5) is 0 Å². The molecule has 0 aromatic rings. The lowest BCUT2D eigenvalue weighted by molar-refractivity contribution is 0.0932. The smallest absolute Gasteiger partial charge is 0.163 e. The maximum atomic E-state index is 10.2. The van der Waals surface area contributed by atoms with Crippen LogP contribution in [-0.2, 0) is 16.3 Å². The first kappa shape index (κ1) is 11.6. The third kappa shape index (κ3) is 1.83. The van der Waals surface area contributed by atoms with Gasteiger partial charge in [-0.25, -0.2) is 0 Å². The lowest BCUT2D eigenvalue weighted by Crippen LogP contribution is -2.27. The van der Waals surface area contributed by atoms with E-state index >= 15 is 0 Å². The van der Waals surface area contributed by atoms with Crippen molar-refractivity contribution in [2.75, 3.05) is 14.1 Å². The lowest BCUT2D eigenvalue weighted by Gasteiger charge is -2.33. The predicted octanol–water partition coefficient (Wildman–Crippen LogP) is 1.76. The summed E-state index contributed by atoms with van der Waals surface area (Å²) >= 11 is 5.44. The van der Waals surface area contributed by atoms with E-state index in [1.54, 1.807) is 6.92 Å². The van der Waals surface area contributed by atoms with Gasteiger partial charge in [0.1, 0.15) is 5.34 Å². The molecule has 0 saturated carbocycles. The van der Waals surface area contributed by atoms with E-state index in [4.69, 9.17) is 16.3 Å². The van der Waals surface area contributed by atoms with E-state index in [9.17, 15) is 5.11 Å². The molecule has 1 aliphatic rings. The molecule has 5 heteroatoms. The van der Waals surface area contributed by atoms with Gasteiger partial charge in [-0.3, -0.25) is 4.67 Å². The minimum atomic E-state index is -2.24. The van der Waals surface area contributed by atoms with E-state index in [1.165, 1.54) is 0 Å². The van der Waals surface area contributed by atoms with Crippen LogP contribution >= 0.6 is 6.42 Å². The molecule has 0 aromatic carbocycles. The van der Waals surface area contributed by atoms with Gasteiger partial charge in [0, 0.05) is 6.42 Å². The largest absolute Gasteiger partial charge is 0.381 e. The molecule has 78 valence electrons. The summed E-state index contributed by atoms with van der Waals surface area (Å²) in [6, 6.07) is 0. The van der Waals surface area contributed by atoms with Gasteiger partial charge in [0.2, 0.25) is 0 Å². The third-order valence-electron chi connectivity index (χ3n) is 2.27. The maximum absolute atomic E-state index is 10.2. The molecule has 0 aromatic heterocycles. The number of rotatable bonds is 1. The molecule has 1 N–H and O–H groups in total. The zero-order chi connectivity index (χ0) is 10.5. The van der Waals surface area contributed by atoms with Crippen molar-refractivity contribution in [1.82, 2.24) is 4.67 Å². The Kier molecular flexibility index (Phi) is 2.69. The summed E-state index contributed by atoms with van der Waals surface area (Å²) in [6.45, 7) is 5.72. The highest BCUT2D eigenvalue weighted by Gasteiger charge is 2.54. The van der Waals surface area contributed by atoms with Gasteiger partial charge in [0.15, 0.2) is 6.42 Å². The monoisotopic (exact) mass is 223 g/mol. The molecule has 2 atom stereocenters. The molecule has 1 rings (SSSR count). The van der Waals surface area contributed by atoms with Crippen molar-refractivity contribution in [2.24, 2.45) is 0 Å². The van der Waals surface area contributed by atoms with E-state index in [1.807, 2.05) is 32.6 Å². The van der Waals surface area contributed by atoms with Crippen molar-refractivity contribution < 1.29 is 9.63 Å². The van der Waals surface area contributed by atoms with Crippen LogP contribution in [0.5, 0.6) is 0 Å². The van der Waals surface area contributed by atoms with E-state index in [0.29, 0.717) is 6.42 Å². The summed E-state index contributed by atoms with van der Waals surface area (Å²) in [7, 11) is 3.74. The summed E-state index contributed by atoms with van der Waals surface area (Å²) in [5.41, 5.74) is -0.302. The van der Waals surface area contributed by atoms with Crippen molar-refractivity contribution in [3.8, 4) is 0 Å². The Morgan fingerprint density at radius 1 is 1.38 bits per heavy atom. The molecule has 2 unspecified atom stereocenters. The van der Waals surface area contributed by atoms with Crippen LogP contribution in [0.2, 0.25) is 0 Å². The third-order valence-corrected chi connectivity index (χ3v) is 7.82. The molecular weight excluding hydrogens is 205 g/mol. The second kappa shape index (κ2) is 3.01. The van der Waals surface area contributed by atoms with E-state index < -0.39 is 11.8 Å². The highest BCUT2D eigenvalue weighted by atomic mass is 32.4. The van der Waals surface area contributed by atoms with Crippen LogP contribution in [0.3, 0.4) is 0 Å². The summed E-state index contributed by atoms with van der Waals surface area (Å²) in [5, 5.41) is 9.33. The van der Waals surface area contributed by atoms with Gasteiger partial charge in [0.25, 0.3) is 0 Å². The van der Waals surface area contributed by atoms with E-state index in [2.05, 4.69) is 0 Å². The standard InChI is InChI=1S/C8H18NO2PS/c1-7(2)6-8(3,10)12(13,11-7)9(4)5/h10H,6H2,1-5H3. The van der Waals surface area contributed by atoms with Crippen LogP contribution in [0, 0.1) is 0 Å². The molecule has 0 radical (unpaired) electrons. The van der Waals surface area contributed by atoms with Crippen molar-refractivity contribution in [1.29, 1.82) is 0 Å². The van der Waals surface area contributed by atoms with Crippen molar-refractivity contribution in [3.05, 3.63) is 0 Å². The van der Waals surface area contributed by atoms with Gasteiger partial charge in [-0.15, -0.1) is 0 Å². The summed E-state index contributed by atoms with van der Waals surface area (Å²) in [6.07, 6.45) is -1.64. The molecule has 1 aliphatic heterocycles. The van der Waals surface area contributed by atoms with Gasteiger partial charge in [-0.05, 0) is 46.7 Å². The first-order valence-corrected chi connectivity index (χ1v) is 6.99. The minimum Gasteiger partial charge on any atom is -0.381 e. The average Bonchev–Trinajstić information content (AvgIpc) is 1.97. The fourth-order valence-corrected chi connectivity index (χ4v) is 5.22. The predicted molar refractivity (Wildman–Crippen MR) is 58.4 cm³/mol. The summed E-state index contributed by atoms with van der Waals surface area (Å²) < 4.78 is 7.67. The number of aliphatic hydroxyl groups is 1. The SMILES string of the molecule is CN(C)P1(=S)OC(C)(C)CC1(C)O. The normalized spacial score (nSPS) is 44.2. The quantitative estimate of drug-likeness (QED) is 0.687. The molecule has 1 saturated heterocycles. The van der Waals surface area contributed by atoms with Crippen molar-refractivity contribution in [2.45, 2.75) is 38.1 Å². The Morgan fingerprint density at radius 2 is 1.85 bits per heavy atom. The fraction of sp³-hybridized carbons (Fsp3) is 1.00. The summed E-state index contributed by atoms with van der Waals surface area (Å²) in [5.74, 6) is 0. The molecule has 1 fully saturated rings. The number of hydrogen-bond acceptors (Lipinski definition) is 3. The maximum Gasteiger partial charge on any atom is 0.163 e. The van der Waals surface area contributed by atoms with Crippen molar-refractivity contribution in [3.63, 3.8) is 0 Å². The zero-order valence-corrected chi connectivity index (χ0v) is 10.6. The zero-order valence-electron chi connectivity index (χ0n) is 8.87. The second-order valence-electron chi connectivity index (χ2n) is 4.61. The Bertz CT molecular complexity index is 263. The summed E-state index contributed by atoms with van der Waals surface area (Å²) in [4.78, 5) is 0. The van der Waals surface area contributed by atoms with Gasteiger partial charge in [-0.1, -0.05) is 0 Å². The van der Waals surface area contributed by atoms with Crippen LogP contribution in [0.1, 0.15) is 27.2 Å². The lowest BCUT2D eigenvalue weighted by atomic mass is 10.0. The van der Waals surface area contributed by atoms with Gasteiger partial charge in [-0.2, -0.15) is 0 Å². The first-order chi connectivity index (χ1) is 5.61. The van der Waals surface area contributed by atoms with Crippen LogP contribution in [0.15, 0.2) is 0 Å². The highest BCUT2D eigenvalue weighted by Crippen LogP contribution is 2.69. The average molecular weight is 223 g/mol. The Morgan fingerprint density at radius 3 is 2.00 bits per heavy atom. The highest BCUT2D eigenvalue weighted by molar-refractivity contribution is 8.11. The van der Waals surface area contributed by atoms with Crippen LogP contribution in [-0.4, -0.2) is 34.8 Å². The van der Waals surface area contributed by atoms with Gasteiger partial charge < -0.3 is 9.63 Å². The first-order valence-electron chi connectivity index (χ1n) is 4.32. The van der Waals surface area contributed by atoms with E-state index in [-0.39, 0.29) is 5.60 Å². The Hall–Kier alpha value is 0.530. The molecule has 0 bridgehead atoms. The molecular formula is C8H18NO2PS. The molecule has 13 heavy (non-hydrogen) atoms. The molecule has 0 spiro atoms. The van der Waals surface area contributed by atoms with Crippen LogP contribution < -0.4 is 0 Å². The Labute approximate surface area is 85.2 Å². The van der Waals surface area contributed by atoms with E-state index in [0.717, 1.165) is 0 Å². The minimum absolute atomic E-state index is 0.302. The van der Waals surface area contributed by atoms with Crippen molar-refractivity contribution >= 4 is 18.2 Å². The molecule has 0 amide bonds. The fourth-order valence-electron chi connectivity index (χ4n) is 1.88. The topological polar surface area (TPSA) is 32.7 Å². The molecule has 3 nitrogen and oxygen atoms in total. The van der Waals surface area contributed by atoms with Gasteiger partial charge >= 0.3 is 0 Å². The second-order valence-corrected chi connectivity index (χ2v) is 9.08. The Balaban J connectivity index is 3.08. The molecule has 1 heterocycles. The molecule has 0 aliphatic carbocycles. The number of hydrogen-bond donors (Lipinski definition) is 1.